The maximum absolute atomic E-state index is 10.8. The molecule has 0 spiro atoms. The summed E-state index contributed by atoms with van der Waals surface area (Å²) in [5.41, 5.74) is 1.48. The summed E-state index contributed by atoms with van der Waals surface area (Å²) in [4.78, 5) is 18.4. The Morgan fingerprint density at radius 2 is 2.39 bits per heavy atom. The highest BCUT2D eigenvalue weighted by Crippen LogP contribution is 2.21. The molecule has 0 atom stereocenters. The fourth-order valence-corrected chi connectivity index (χ4v) is 2.18. The SMILES string of the molecule is Cc1nc(CCNc2ccncc2[N+](=O)[O-])cs1. The van der Waals surface area contributed by atoms with Gasteiger partial charge in [-0.05, 0) is 13.0 Å². The van der Waals surface area contributed by atoms with Gasteiger partial charge < -0.3 is 5.32 Å². The van der Waals surface area contributed by atoms with Gasteiger partial charge in [-0.3, -0.25) is 15.1 Å². The molecule has 0 radical (unpaired) electrons. The van der Waals surface area contributed by atoms with Gasteiger partial charge in [-0.2, -0.15) is 0 Å². The van der Waals surface area contributed by atoms with Crippen LogP contribution in [0.2, 0.25) is 0 Å². The van der Waals surface area contributed by atoms with Gasteiger partial charge in [-0.25, -0.2) is 4.98 Å². The van der Waals surface area contributed by atoms with Crippen molar-refractivity contribution in [3.63, 3.8) is 0 Å². The summed E-state index contributed by atoms with van der Waals surface area (Å²) in [6, 6.07) is 1.60. The van der Waals surface area contributed by atoms with E-state index in [1.54, 1.807) is 17.4 Å². The summed E-state index contributed by atoms with van der Waals surface area (Å²) >= 11 is 1.60. The molecule has 0 aromatic carbocycles. The van der Waals surface area contributed by atoms with Gasteiger partial charge in [0, 0.05) is 24.5 Å². The Bertz CT molecular complexity index is 555. The quantitative estimate of drug-likeness (QED) is 0.662. The van der Waals surface area contributed by atoms with E-state index < -0.39 is 4.92 Å². The number of pyridine rings is 1. The molecule has 0 aliphatic rings. The molecule has 1 N–H and O–H groups in total. The van der Waals surface area contributed by atoms with E-state index >= 15 is 0 Å². The van der Waals surface area contributed by atoms with Crippen LogP contribution in [0.1, 0.15) is 10.7 Å². The minimum Gasteiger partial charge on any atom is -0.379 e. The minimum atomic E-state index is -0.442. The number of rotatable bonds is 5. The minimum absolute atomic E-state index is 0.00745. The molecule has 7 heteroatoms. The number of aryl methyl sites for hydroxylation is 1. The third kappa shape index (κ3) is 3.01. The lowest BCUT2D eigenvalue weighted by Crippen LogP contribution is -2.07. The lowest BCUT2D eigenvalue weighted by molar-refractivity contribution is -0.384. The van der Waals surface area contributed by atoms with Crippen LogP contribution in [-0.4, -0.2) is 21.4 Å². The second-order valence-corrected chi connectivity index (χ2v) is 4.75. The summed E-state index contributed by atoms with van der Waals surface area (Å²) in [6.45, 7) is 2.56. The largest absolute Gasteiger partial charge is 0.379 e. The Labute approximate surface area is 108 Å². The Balaban J connectivity index is 1.96. The van der Waals surface area contributed by atoms with Crippen molar-refractivity contribution in [3.05, 3.63) is 44.7 Å². The fraction of sp³-hybridized carbons (Fsp3) is 0.273. The van der Waals surface area contributed by atoms with Gasteiger partial charge in [0.1, 0.15) is 11.9 Å². The average molecular weight is 264 g/mol. The predicted octanol–water partition coefficient (Wildman–Crippen LogP) is 2.41. The Hall–Kier alpha value is -2.02. The second kappa shape index (κ2) is 5.54. The molecular weight excluding hydrogens is 252 g/mol. The smallest absolute Gasteiger partial charge is 0.310 e. The first-order valence-corrected chi connectivity index (χ1v) is 6.28. The van der Waals surface area contributed by atoms with Gasteiger partial charge in [-0.15, -0.1) is 11.3 Å². The van der Waals surface area contributed by atoms with Gasteiger partial charge in [0.15, 0.2) is 0 Å². The van der Waals surface area contributed by atoms with Crippen molar-refractivity contribution in [2.24, 2.45) is 0 Å². The highest BCUT2D eigenvalue weighted by atomic mass is 32.1. The number of aromatic nitrogens is 2. The molecule has 0 aliphatic heterocycles. The molecule has 0 saturated carbocycles. The van der Waals surface area contributed by atoms with Crippen LogP contribution >= 0.6 is 11.3 Å². The maximum Gasteiger partial charge on any atom is 0.310 e. The molecular formula is C11H12N4O2S. The van der Waals surface area contributed by atoms with Crippen molar-refractivity contribution < 1.29 is 4.92 Å². The van der Waals surface area contributed by atoms with Crippen LogP contribution in [0.4, 0.5) is 11.4 Å². The molecule has 18 heavy (non-hydrogen) atoms. The van der Waals surface area contributed by atoms with E-state index in [4.69, 9.17) is 0 Å². The topological polar surface area (TPSA) is 81.0 Å². The summed E-state index contributed by atoms with van der Waals surface area (Å²) in [5, 5.41) is 16.8. The third-order valence-corrected chi connectivity index (χ3v) is 3.18. The Morgan fingerprint density at radius 3 is 3.06 bits per heavy atom. The van der Waals surface area contributed by atoms with Gasteiger partial charge in [0.2, 0.25) is 0 Å². The van der Waals surface area contributed by atoms with Crippen molar-refractivity contribution in [1.29, 1.82) is 0 Å². The molecule has 0 unspecified atom stereocenters. The molecule has 0 aliphatic carbocycles. The monoisotopic (exact) mass is 264 g/mol. The van der Waals surface area contributed by atoms with Crippen LogP contribution in [0, 0.1) is 17.0 Å². The lowest BCUT2D eigenvalue weighted by Gasteiger charge is -2.05. The average Bonchev–Trinajstić information content (AvgIpc) is 2.75. The Morgan fingerprint density at radius 1 is 1.56 bits per heavy atom. The van der Waals surface area contributed by atoms with Crippen LogP contribution in [0.25, 0.3) is 0 Å². The standard InChI is InChI=1S/C11H12N4O2S/c1-8-14-9(7-18-8)2-5-13-10-3-4-12-6-11(10)15(16)17/h3-4,6-7H,2,5H2,1H3,(H,12,13). The normalized spacial score (nSPS) is 10.3. The zero-order chi connectivity index (χ0) is 13.0. The fourth-order valence-electron chi connectivity index (χ4n) is 1.53. The van der Waals surface area contributed by atoms with Gasteiger partial charge >= 0.3 is 5.69 Å². The van der Waals surface area contributed by atoms with Crippen molar-refractivity contribution in [2.45, 2.75) is 13.3 Å². The van der Waals surface area contributed by atoms with E-state index in [1.165, 1.54) is 12.4 Å². The number of thiazole rings is 1. The van der Waals surface area contributed by atoms with E-state index in [1.807, 2.05) is 12.3 Å². The lowest BCUT2D eigenvalue weighted by atomic mass is 10.3. The van der Waals surface area contributed by atoms with E-state index in [-0.39, 0.29) is 5.69 Å². The first-order chi connectivity index (χ1) is 8.66. The van der Waals surface area contributed by atoms with Crippen LogP contribution in [0.15, 0.2) is 23.8 Å². The molecule has 0 bridgehead atoms. The zero-order valence-corrected chi connectivity index (χ0v) is 10.6. The van der Waals surface area contributed by atoms with Gasteiger partial charge in [0.25, 0.3) is 0 Å². The van der Waals surface area contributed by atoms with E-state index in [0.717, 1.165) is 17.1 Å². The number of hydrogen-bond acceptors (Lipinski definition) is 6. The van der Waals surface area contributed by atoms with E-state index in [9.17, 15) is 10.1 Å². The Kier molecular flexibility index (Phi) is 3.83. The van der Waals surface area contributed by atoms with Crippen LogP contribution in [0.5, 0.6) is 0 Å². The first kappa shape index (κ1) is 12.4. The number of nitrogens with zero attached hydrogens (tertiary/aromatic N) is 3. The summed E-state index contributed by atoms with van der Waals surface area (Å²) in [5.74, 6) is 0. The van der Waals surface area contributed by atoms with Crippen molar-refractivity contribution in [2.75, 3.05) is 11.9 Å². The van der Waals surface area contributed by atoms with Crippen molar-refractivity contribution >= 4 is 22.7 Å². The number of nitro groups is 1. The molecule has 2 rings (SSSR count). The number of anilines is 1. The summed E-state index contributed by atoms with van der Waals surface area (Å²) in [7, 11) is 0. The van der Waals surface area contributed by atoms with E-state index in [2.05, 4.69) is 15.3 Å². The third-order valence-electron chi connectivity index (χ3n) is 2.36. The highest BCUT2D eigenvalue weighted by molar-refractivity contribution is 7.09. The molecule has 2 heterocycles. The molecule has 2 aromatic rings. The molecule has 0 saturated heterocycles. The highest BCUT2D eigenvalue weighted by Gasteiger charge is 2.12. The molecule has 6 nitrogen and oxygen atoms in total. The van der Waals surface area contributed by atoms with Crippen molar-refractivity contribution in [3.8, 4) is 0 Å². The predicted molar refractivity (Wildman–Crippen MR) is 69.9 cm³/mol. The number of nitrogens with one attached hydrogen (secondary N) is 1. The van der Waals surface area contributed by atoms with Crippen LogP contribution in [-0.2, 0) is 6.42 Å². The van der Waals surface area contributed by atoms with Crippen LogP contribution in [0.3, 0.4) is 0 Å². The van der Waals surface area contributed by atoms with Gasteiger partial charge in [0.05, 0.1) is 15.6 Å². The maximum atomic E-state index is 10.8. The molecule has 0 amide bonds. The summed E-state index contributed by atoms with van der Waals surface area (Å²) in [6.07, 6.45) is 3.52. The van der Waals surface area contributed by atoms with Gasteiger partial charge in [-0.1, -0.05) is 0 Å². The zero-order valence-electron chi connectivity index (χ0n) is 9.79. The first-order valence-electron chi connectivity index (χ1n) is 5.40. The second-order valence-electron chi connectivity index (χ2n) is 3.68. The molecule has 94 valence electrons. The number of hydrogen-bond donors (Lipinski definition) is 1. The van der Waals surface area contributed by atoms with E-state index in [0.29, 0.717) is 12.2 Å². The van der Waals surface area contributed by atoms with Crippen molar-refractivity contribution in [1.82, 2.24) is 9.97 Å². The summed E-state index contributed by atoms with van der Waals surface area (Å²) < 4.78 is 0. The molecule has 2 aromatic heterocycles. The van der Waals surface area contributed by atoms with Crippen LogP contribution < -0.4 is 5.32 Å². The molecule has 0 fully saturated rings.